The first kappa shape index (κ1) is 21.1. The Bertz CT molecular complexity index is 1000. The second-order valence-corrected chi connectivity index (χ2v) is 9.08. The van der Waals surface area contributed by atoms with Crippen molar-refractivity contribution in [3.8, 4) is 0 Å². The van der Waals surface area contributed by atoms with Gasteiger partial charge in [-0.25, -0.2) is 4.98 Å². The fraction of sp³-hybridized carbons (Fsp3) is 0.474. The molecule has 0 atom stereocenters. The average Bonchev–Trinajstić information content (AvgIpc) is 2.79. The summed E-state index contributed by atoms with van der Waals surface area (Å²) in [4.78, 5) is 42.3. The molecule has 0 saturated carbocycles. The molecule has 0 unspecified atom stereocenters. The predicted molar refractivity (Wildman–Crippen MR) is 116 cm³/mol. The lowest BCUT2D eigenvalue weighted by Crippen LogP contribution is -2.49. The van der Waals surface area contributed by atoms with Crippen LogP contribution >= 0.6 is 0 Å². The van der Waals surface area contributed by atoms with Crippen LogP contribution in [0.2, 0.25) is 0 Å². The summed E-state index contributed by atoms with van der Waals surface area (Å²) in [5.74, 6) is 1.57. The zero-order chi connectivity index (χ0) is 22.0. The van der Waals surface area contributed by atoms with Crippen molar-refractivity contribution in [2.45, 2.75) is 6.92 Å². The van der Waals surface area contributed by atoms with Gasteiger partial charge in [-0.3, -0.25) is 24.1 Å². The normalized spacial score (nSPS) is 17.6. The molecule has 0 N–H and O–H groups in total. The lowest BCUT2D eigenvalue weighted by atomic mass is 10.2. The summed E-state index contributed by atoms with van der Waals surface area (Å²) in [6.07, 6.45) is 3.18. The summed E-state index contributed by atoms with van der Waals surface area (Å²) in [5.41, 5.74) is 0.783. The first-order valence-corrected chi connectivity index (χ1v) is 11.5. The number of amides is 1. The standard InChI is InChI=1S/C19H23N7O4S/c1-14-16(26(28)29)17(23-10-12-31(30)13-11-23)22-19(21-14)25-8-6-24(7-9-25)18(27)15-2-4-20-5-3-15/h2-5H,6-13H2,1H3. The molecule has 2 aliphatic heterocycles. The number of aryl methyl sites for hydroxylation is 1. The quantitative estimate of drug-likeness (QED) is 0.492. The summed E-state index contributed by atoms with van der Waals surface area (Å²) in [7, 11) is -0.898. The van der Waals surface area contributed by atoms with Gasteiger partial charge < -0.3 is 14.7 Å². The minimum absolute atomic E-state index is 0.0511. The Morgan fingerprint density at radius 2 is 1.68 bits per heavy atom. The lowest BCUT2D eigenvalue weighted by molar-refractivity contribution is -0.385. The van der Waals surface area contributed by atoms with E-state index in [-0.39, 0.29) is 17.4 Å². The van der Waals surface area contributed by atoms with E-state index in [0.717, 1.165) is 0 Å². The fourth-order valence-corrected chi connectivity index (χ4v) is 4.80. The summed E-state index contributed by atoms with van der Waals surface area (Å²) < 4.78 is 11.7. The molecule has 4 heterocycles. The van der Waals surface area contributed by atoms with Gasteiger partial charge in [-0.05, 0) is 19.1 Å². The minimum Gasteiger partial charge on any atom is -0.349 e. The number of nitro groups is 1. The monoisotopic (exact) mass is 445 g/mol. The fourth-order valence-electron chi connectivity index (χ4n) is 3.75. The Balaban J connectivity index is 1.53. The van der Waals surface area contributed by atoms with Crippen LogP contribution in [0.4, 0.5) is 17.5 Å². The topological polar surface area (TPSA) is 126 Å². The van der Waals surface area contributed by atoms with Gasteiger partial charge in [-0.1, -0.05) is 0 Å². The molecule has 0 aromatic carbocycles. The number of hydrogen-bond donors (Lipinski definition) is 0. The van der Waals surface area contributed by atoms with Crippen LogP contribution in [0.5, 0.6) is 0 Å². The highest BCUT2D eigenvalue weighted by Gasteiger charge is 2.31. The number of aromatic nitrogens is 3. The SMILES string of the molecule is Cc1nc(N2CCN(C(=O)c3ccncc3)CC2)nc(N2CCS(=O)CC2)c1[N+](=O)[O-]. The van der Waals surface area contributed by atoms with E-state index >= 15 is 0 Å². The van der Waals surface area contributed by atoms with Crippen molar-refractivity contribution in [2.24, 2.45) is 0 Å². The Hall–Kier alpha value is -3.15. The number of carbonyl (C=O) groups is 1. The van der Waals surface area contributed by atoms with Crippen LogP contribution in [0.3, 0.4) is 0 Å². The molecular weight excluding hydrogens is 422 g/mol. The van der Waals surface area contributed by atoms with Crippen molar-refractivity contribution in [3.63, 3.8) is 0 Å². The number of rotatable bonds is 4. The van der Waals surface area contributed by atoms with E-state index in [1.807, 2.05) is 9.80 Å². The van der Waals surface area contributed by atoms with Gasteiger partial charge in [-0.2, -0.15) is 4.98 Å². The highest BCUT2D eigenvalue weighted by molar-refractivity contribution is 7.85. The minimum atomic E-state index is -0.898. The van der Waals surface area contributed by atoms with E-state index in [2.05, 4.69) is 15.0 Å². The summed E-state index contributed by atoms with van der Waals surface area (Å²) in [6.45, 7) is 4.57. The predicted octanol–water partition coefficient (Wildman–Crippen LogP) is 0.619. The van der Waals surface area contributed by atoms with Crippen molar-refractivity contribution >= 4 is 34.2 Å². The first-order valence-electron chi connectivity index (χ1n) is 10.0. The summed E-state index contributed by atoms with van der Waals surface area (Å²) >= 11 is 0. The summed E-state index contributed by atoms with van der Waals surface area (Å²) in [5, 5.41) is 11.7. The highest BCUT2D eigenvalue weighted by Crippen LogP contribution is 2.31. The third kappa shape index (κ3) is 4.48. The molecule has 0 aliphatic carbocycles. The number of nitrogens with zero attached hydrogens (tertiary/aromatic N) is 7. The number of pyridine rings is 1. The third-order valence-electron chi connectivity index (χ3n) is 5.46. The second-order valence-electron chi connectivity index (χ2n) is 7.39. The maximum absolute atomic E-state index is 12.6. The van der Waals surface area contributed by atoms with Crippen LogP contribution in [-0.4, -0.2) is 85.7 Å². The Morgan fingerprint density at radius 1 is 1.03 bits per heavy atom. The zero-order valence-electron chi connectivity index (χ0n) is 17.1. The van der Waals surface area contributed by atoms with Gasteiger partial charge in [-0.15, -0.1) is 0 Å². The molecule has 12 heteroatoms. The molecule has 2 fully saturated rings. The van der Waals surface area contributed by atoms with E-state index in [9.17, 15) is 19.1 Å². The second kappa shape index (κ2) is 8.92. The van der Waals surface area contributed by atoms with Gasteiger partial charge in [0.1, 0.15) is 5.69 Å². The number of piperazine rings is 1. The van der Waals surface area contributed by atoms with E-state index < -0.39 is 15.7 Å². The molecule has 2 saturated heterocycles. The van der Waals surface area contributed by atoms with Gasteiger partial charge >= 0.3 is 5.69 Å². The molecular formula is C19H23N7O4S. The molecule has 0 radical (unpaired) electrons. The molecule has 1 amide bonds. The molecule has 11 nitrogen and oxygen atoms in total. The van der Waals surface area contributed by atoms with Crippen molar-refractivity contribution < 1.29 is 13.9 Å². The maximum atomic E-state index is 12.6. The van der Waals surface area contributed by atoms with Gasteiger partial charge in [0.2, 0.25) is 11.8 Å². The largest absolute Gasteiger partial charge is 0.349 e. The van der Waals surface area contributed by atoms with Crippen LogP contribution in [0, 0.1) is 17.0 Å². The van der Waals surface area contributed by atoms with E-state index in [1.54, 1.807) is 36.4 Å². The first-order chi connectivity index (χ1) is 14.9. The van der Waals surface area contributed by atoms with Crippen LogP contribution in [0.1, 0.15) is 16.1 Å². The van der Waals surface area contributed by atoms with Crippen LogP contribution in [-0.2, 0) is 10.8 Å². The van der Waals surface area contributed by atoms with E-state index in [0.29, 0.717) is 68.0 Å². The average molecular weight is 446 g/mol. The van der Waals surface area contributed by atoms with Gasteiger partial charge in [0, 0.05) is 79.5 Å². The maximum Gasteiger partial charge on any atom is 0.332 e. The number of carbonyl (C=O) groups excluding carboxylic acids is 1. The molecule has 31 heavy (non-hydrogen) atoms. The van der Waals surface area contributed by atoms with Crippen molar-refractivity contribution in [1.29, 1.82) is 0 Å². The van der Waals surface area contributed by atoms with Crippen LogP contribution in [0.15, 0.2) is 24.5 Å². The van der Waals surface area contributed by atoms with Crippen LogP contribution < -0.4 is 9.80 Å². The van der Waals surface area contributed by atoms with Gasteiger partial charge in [0.15, 0.2) is 0 Å². The lowest BCUT2D eigenvalue weighted by Gasteiger charge is -2.35. The molecule has 2 aromatic heterocycles. The third-order valence-corrected chi connectivity index (χ3v) is 6.74. The van der Waals surface area contributed by atoms with Crippen molar-refractivity contribution in [2.75, 3.05) is 60.6 Å². The molecule has 4 rings (SSSR count). The van der Waals surface area contributed by atoms with Crippen molar-refractivity contribution in [1.82, 2.24) is 19.9 Å². The molecule has 0 bridgehead atoms. The van der Waals surface area contributed by atoms with Gasteiger partial charge in [0.25, 0.3) is 5.91 Å². The van der Waals surface area contributed by atoms with E-state index in [1.165, 1.54) is 0 Å². The summed E-state index contributed by atoms with van der Waals surface area (Å²) in [6, 6.07) is 3.38. The molecule has 2 aliphatic rings. The highest BCUT2D eigenvalue weighted by atomic mass is 32.2. The Kier molecular flexibility index (Phi) is 6.07. The Morgan fingerprint density at radius 3 is 2.29 bits per heavy atom. The van der Waals surface area contributed by atoms with Crippen molar-refractivity contribution in [3.05, 3.63) is 45.9 Å². The Labute approximate surface area is 181 Å². The van der Waals surface area contributed by atoms with Gasteiger partial charge in [0.05, 0.1) is 4.92 Å². The number of anilines is 2. The zero-order valence-corrected chi connectivity index (χ0v) is 18.0. The molecule has 0 spiro atoms. The molecule has 2 aromatic rings. The van der Waals surface area contributed by atoms with E-state index in [4.69, 9.17) is 0 Å². The smallest absolute Gasteiger partial charge is 0.332 e. The van der Waals surface area contributed by atoms with Crippen LogP contribution in [0.25, 0.3) is 0 Å². The molecule has 164 valence electrons. The number of hydrogen-bond acceptors (Lipinski definition) is 9.